The van der Waals surface area contributed by atoms with Crippen molar-refractivity contribution in [2.45, 2.75) is 24.9 Å². The third-order valence-corrected chi connectivity index (χ3v) is 6.18. The molecular weight excluding hydrogens is 390 g/mol. The van der Waals surface area contributed by atoms with Gasteiger partial charge in [0.05, 0.1) is 18.1 Å². The van der Waals surface area contributed by atoms with E-state index in [-0.39, 0.29) is 11.9 Å². The molecule has 1 saturated heterocycles. The average molecular weight is 415 g/mol. The van der Waals surface area contributed by atoms with Crippen LogP contribution in [0.5, 0.6) is 11.5 Å². The van der Waals surface area contributed by atoms with Gasteiger partial charge in [-0.1, -0.05) is 30.3 Å². The number of hydrogen-bond donors (Lipinski definition) is 2. The number of aromatic nitrogens is 2. The van der Waals surface area contributed by atoms with Gasteiger partial charge < -0.3 is 15.0 Å². The number of nitrogens with one attached hydrogen (secondary N) is 2. The van der Waals surface area contributed by atoms with Gasteiger partial charge in [0.15, 0.2) is 0 Å². The van der Waals surface area contributed by atoms with Gasteiger partial charge in [-0.3, -0.25) is 14.9 Å². The first kappa shape index (κ1) is 19.4. The van der Waals surface area contributed by atoms with E-state index in [4.69, 9.17) is 4.74 Å². The molecule has 3 aromatic rings. The summed E-state index contributed by atoms with van der Waals surface area (Å²) < 4.78 is 6.04. The van der Waals surface area contributed by atoms with Crippen molar-refractivity contribution >= 4 is 12.2 Å². The zero-order chi connectivity index (χ0) is 21.2. The minimum Gasteiger partial charge on any atom is -0.457 e. The lowest BCUT2D eigenvalue weighted by atomic mass is 9.78. The van der Waals surface area contributed by atoms with Crippen molar-refractivity contribution < 1.29 is 9.53 Å². The van der Waals surface area contributed by atoms with Gasteiger partial charge in [0, 0.05) is 31.1 Å². The number of benzene rings is 2. The molecule has 5 rings (SSSR count). The first-order valence-electron chi connectivity index (χ1n) is 10.6. The summed E-state index contributed by atoms with van der Waals surface area (Å²) in [5.74, 6) is 1.80. The van der Waals surface area contributed by atoms with E-state index in [0.29, 0.717) is 29.1 Å². The molecule has 2 aliphatic rings. The second-order valence-corrected chi connectivity index (χ2v) is 8.04. The predicted molar refractivity (Wildman–Crippen MR) is 119 cm³/mol. The molecule has 0 radical (unpaired) electrons. The van der Waals surface area contributed by atoms with Gasteiger partial charge >= 0.3 is 0 Å². The van der Waals surface area contributed by atoms with Gasteiger partial charge in [0.25, 0.3) is 5.91 Å². The molecule has 7 heteroatoms. The Bertz CT molecular complexity index is 1090. The van der Waals surface area contributed by atoms with Crippen LogP contribution < -0.4 is 10.1 Å². The average Bonchev–Trinajstić information content (AvgIpc) is 3.32. The summed E-state index contributed by atoms with van der Waals surface area (Å²) in [6, 6.07) is 19.7. The molecule has 2 heterocycles. The van der Waals surface area contributed by atoms with Crippen LogP contribution in [0.4, 0.5) is 0 Å². The topological polar surface area (TPSA) is 82.6 Å². The fourth-order valence-electron chi connectivity index (χ4n) is 4.53. The van der Waals surface area contributed by atoms with Crippen LogP contribution in [0.25, 0.3) is 11.3 Å². The monoisotopic (exact) mass is 415 g/mol. The van der Waals surface area contributed by atoms with Crippen molar-refractivity contribution in [1.29, 1.82) is 0 Å². The lowest BCUT2D eigenvalue weighted by Crippen LogP contribution is -2.45. The highest BCUT2D eigenvalue weighted by molar-refractivity contribution is 5.93. The molecule has 2 aromatic carbocycles. The van der Waals surface area contributed by atoms with Gasteiger partial charge in [0.1, 0.15) is 17.2 Å². The predicted octanol–water partition coefficient (Wildman–Crippen LogP) is 3.72. The van der Waals surface area contributed by atoms with Gasteiger partial charge in [0.2, 0.25) is 0 Å². The van der Waals surface area contributed by atoms with E-state index in [9.17, 15) is 4.79 Å². The third-order valence-electron chi connectivity index (χ3n) is 6.18. The van der Waals surface area contributed by atoms with E-state index in [2.05, 4.69) is 25.4 Å². The van der Waals surface area contributed by atoms with Crippen molar-refractivity contribution in [3.05, 3.63) is 66.4 Å². The van der Waals surface area contributed by atoms with Crippen LogP contribution in [0, 0.1) is 5.92 Å². The standard InChI is InChI=1S/C24H25N5O2/c1-25-15-29-14-21(17-11-12-22(17)29)26-24(30)20-13-19(27-28-20)18-9-5-6-10-23(18)31-16-7-3-2-4-8-16/h2-10,13,15,17,21-22H,11-12,14H2,1H3,(H,26,30)(H,27,28)/t17-,21-,22-/m0/s1. The minimum atomic E-state index is -0.133. The third kappa shape index (κ3) is 3.79. The highest BCUT2D eigenvalue weighted by Gasteiger charge is 2.47. The molecule has 0 unspecified atom stereocenters. The van der Waals surface area contributed by atoms with Crippen molar-refractivity contribution in [2.75, 3.05) is 13.6 Å². The largest absolute Gasteiger partial charge is 0.457 e. The number of carbonyl (C=O) groups excluding carboxylic acids is 1. The first-order valence-corrected chi connectivity index (χ1v) is 10.6. The number of H-pyrrole nitrogens is 1. The number of aromatic amines is 1. The van der Waals surface area contributed by atoms with Gasteiger partial charge in [-0.25, -0.2) is 0 Å². The van der Waals surface area contributed by atoms with Crippen LogP contribution in [-0.4, -0.2) is 53.0 Å². The van der Waals surface area contributed by atoms with Gasteiger partial charge in [-0.05, 0) is 43.2 Å². The lowest BCUT2D eigenvalue weighted by Gasteiger charge is -2.36. The zero-order valence-electron chi connectivity index (χ0n) is 17.4. The van der Waals surface area contributed by atoms with Crippen LogP contribution in [0.15, 0.2) is 65.7 Å². The van der Waals surface area contributed by atoms with E-state index in [1.165, 1.54) is 0 Å². The Labute approximate surface area is 181 Å². The number of aliphatic imine (C=N–C) groups is 1. The highest BCUT2D eigenvalue weighted by atomic mass is 16.5. The zero-order valence-corrected chi connectivity index (χ0v) is 17.4. The van der Waals surface area contributed by atoms with Crippen LogP contribution in [-0.2, 0) is 0 Å². The molecule has 0 spiro atoms. The molecule has 31 heavy (non-hydrogen) atoms. The number of fused-ring (bicyclic) bond motifs is 1. The Balaban J connectivity index is 1.31. The fourth-order valence-corrected chi connectivity index (χ4v) is 4.53. The molecule has 1 aliphatic carbocycles. The molecule has 1 aromatic heterocycles. The second kappa shape index (κ2) is 8.26. The van der Waals surface area contributed by atoms with Gasteiger partial charge in [-0.2, -0.15) is 5.10 Å². The summed E-state index contributed by atoms with van der Waals surface area (Å²) in [6.45, 7) is 0.799. The Hall–Kier alpha value is -3.61. The molecule has 0 bridgehead atoms. The maximum Gasteiger partial charge on any atom is 0.269 e. The quantitative estimate of drug-likeness (QED) is 0.475. The maximum absolute atomic E-state index is 12.9. The van der Waals surface area contributed by atoms with Crippen molar-refractivity contribution in [1.82, 2.24) is 20.4 Å². The SMILES string of the molecule is CN=CN1C[C@H](NC(=O)c2cc(-c3ccccc3Oc3ccccc3)n[nH]2)[C@@H]2CC[C@@H]21. The molecule has 2 fully saturated rings. The molecule has 1 aliphatic heterocycles. The second-order valence-electron chi connectivity index (χ2n) is 8.04. The molecular formula is C24H25N5O2. The highest BCUT2D eigenvalue weighted by Crippen LogP contribution is 2.40. The Morgan fingerprint density at radius 2 is 2.00 bits per heavy atom. The molecule has 1 saturated carbocycles. The summed E-state index contributed by atoms with van der Waals surface area (Å²) in [4.78, 5) is 19.3. The van der Waals surface area contributed by atoms with Crippen LogP contribution in [0.1, 0.15) is 23.3 Å². The number of ether oxygens (including phenoxy) is 1. The summed E-state index contributed by atoms with van der Waals surface area (Å²) in [5, 5.41) is 10.5. The number of para-hydroxylation sites is 2. The molecule has 2 N–H and O–H groups in total. The van der Waals surface area contributed by atoms with Gasteiger partial charge in [-0.15, -0.1) is 0 Å². The number of nitrogens with zero attached hydrogens (tertiary/aromatic N) is 3. The summed E-state index contributed by atoms with van der Waals surface area (Å²) in [5.41, 5.74) is 1.94. The minimum absolute atomic E-state index is 0.129. The fraction of sp³-hybridized carbons (Fsp3) is 0.292. The van der Waals surface area contributed by atoms with E-state index >= 15 is 0 Å². The van der Waals surface area contributed by atoms with E-state index < -0.39 is 0 Å². The summed E-state index contributed by atoms with van der Waals surface area (Å²) in [7, 11) is 1.78. The Morgan fingerprint density at radius 3 is 2.77 bits per heavy atom. The van der Waals surface area contributed by atoms with E-state index in [1.807, 2.05) is 60.9 Å². The molecule has 1 amide bonds. The van der Waals surface area contributed by atoms with Crippen LogP contribution in [0.3, 0.4) is 0 Å². The normalized spacial score (nSPS) is 22.2. The number of hydrogen-bond acceptors (Lipinski definition) is 4. The van der Waals surface area contributed by atoms with Crippen LogP contribution >= 0.6 is 0 Å². The van der Waals surface area contributed by atoms with E-state index in [1.54, 1.807) is 13.1 Å². The van der Waals surface area contributed by atoms with Crippen molar-refractivity contribution in [3.63, 3.8) is 0 Å². The van der Waals surface area contributed by atoms with Crippen molar-refractivity contribution in [3.8, 4) is 22.8 Å². The van der Waals surface area contributed by atoms with E-state index in [0.717, 1.165) is 30.7 Å². The Morgan fingerprint density at radius 1 is 1.19 bits per heavy atom. The number of rotatable bonds is 6. The Kier molecular flexibility index (Phi) is 5.16. The molecule has 158 valence electrons. The molecule has 7 nitrogen and oxygen atoms in total. The maximum atomic E-state index is 12.9. The molecule has 3 atom stereocenters. The first-order chi connectivity index (χ1) is 15.2. The smallest absolute Gasteiger partial charge is 0.269 e. The number of amides is 1. The van der Waals surface area contributed by atoms with Crippen molar-refractivity contribution in [2.24, 2.45) is 10.9 Å². The number of carbonyl (C=O) groups is 1. The van der Waals surface area contributed by atoms with Crippen LogP contribution in [0.2, 0.25) is 0 Å². The summed E-state index contributed by atoms with van der Waals surface area (Å²) in [6.07, 6.45) is 4.19. The number of likely N-dealkylation sites (tertiary alicyclic amines) is 1. The lowest BCUT2D eigenvalue weighted by molar-refractivity contribution is 0.0911. The summed E-state index contributed by atoms with van der Waals surface area (Å²) >= 11 is 0.